The van der Waals surface area contributed by atoms with Gasteiger partial charge in [-0.1, -0.05) is 51.5 Å². The molecule has 4 aliphatic rings. The monoisotopic (exact) mass is 284 g/mol. The summed E-state index contributed by atoms with van der Waals surface area (Å²) in [5.41, 5.74) is 2.90. The third-order valence-corrected chi connectivity index (χ3v) is 7.98. The first-order chi connectivity index (χ1) is 9.94. The first-order valence-electron chi connectivity index (χ1n) is 9.34. The molecule has 0 amide bonds. The van der Waals surface area contributed by atoms with Gasteiger partial charge in [0.1, 0.15) is 0 Å². The van der Waals surface area contributed by atoms with E-state index in [1.807, 2.05) is 5.57 Å². The Morgan fingerprint density at radius 1 is 1.05 bits per heavy atom. The second kappa shape index (κ2) is 4.49. The summed E-state index contributed by atoms with van der Waals surface area (Å²) in [7, 11) is 0. The van der Waals surface area contributed by atoms with E-state index in [0.29, 0.717) is 10.8 Å². The predicted octanol–water partition coefficient (Wildman–Crippen LogP) is 6.00. The normalized spacial score (nSPS) is 55.4. The van der Waals surface area contributed by atoms with Crippen LogP contribution in [0.4, 0.5) is 0 Å². The topological polar surface area (TPSA) is 0 Å². The molecule has 0 radical (unpaired) electrons. The van der Waals surface area contributed by atoms with Crippen molar-refractivity contribution in [1.29, 1.82) is 0 Å². The Balaban J connectivity index is 1.72. The molecule has 0 spiro atoms. The first kappa shape index (κ1) is 14.1. The van der Waals surface area contributed by atoms with Crippen LogP contribution >= 0.6 is 0 Å². The van der Waals surface area contributed by atoms with Crippen LogP contribution in [0.15, 0.2) is 23.8 Å². The quantitative estimate of drug-likeness (QED) is 0.479. The smallest absolute Gasteiger partial charge is 0.00824 e. The van der Waals surface area contributed by atoms with E-state index in [0.717, 1.165) is 29.6 Å². The van der Waals surface area contributed by atoms with Crippen molar-refractivity contribution in [2.75, 3.05) is 0 Å². The lowest BCUT2D eigenvalue weighted by atomic mass is 9.45. The molecule has 0 aromatic carbocycles. The number of rotatable bonds is 0. The Morgan fingerprint density at radius 2 is 1.86 bits per heavy atom. The molecule has 2 saturated carbocycles. The standard InChI is InChI=1S/C21H32/c1-14-7-11-21(4)18-8-10-20(3)9-5-6-17(20)16(18)13-15(2)19(21)12-14/h5,9,12,14-18H,6-8,10-11,13H2,1-4H3/t14?,15-,16?,17?,18?,20+,21-/m1/s1. The van der Waals surface area contributed by atoms with Crippen LogP contribution in [-0.4, -0.2) is 0 Å². The maximum atomic E-state index is 2.67. The van der Waals surface area contributed by atoms with Crippen LogP contribution in [0.5, 0.6) is 0 Å². The number of fused-ring (bicyclic) bond motifs is 5. The van der Waals surface area contributed by atoms with Gasteiger partial charge in [0.2, 0.25) is 0 Å². The molecular weight excluding hydrogens is 252 g/mol. The molecule has 21 heavy (non-hydrogen) atoms. The number of hydrogen-bond acceptors (Lipinski definition) is 0. The highest BCUT2D eigenvalue weighted by atomic mass is 14.6. The fourth-order valence-corrected chi connectivity index (χ4v) is 6.80. The Morgan fingerprint density at radius 3 is 2.67 bits per heavy atom. The van der Waals surface area contributed by atoms with Crippen molar-refractivity contribution in [3.63, 3.8) is 0 Å². The zero-order valence-electron chi connectivity index (χ0n) is 14.4. The van der Waals surface area contributed by atoms with E-state index < -0.39 is 0 Å². The van der Waals surface area contributed by atoms with Crippen LogP contribution in [0.1, 0.15) is 66.2 Å². The van der Waals surface area contributed by atoms with Gasteiger partial charge in [-0.05, 0) is 78.9 Å². The zero-order chi connectivity index (χ0) is 14.8. The molecular formula is C21H32. The van der Waals surface area contributed by atoms with Crippen molar-refractivity contribution in [3.8, 4) is 0 Å². The fourth-order valence-electron chi connectivity index (χ4n) is 6.80. The van der Waals surface area contributed by atoms with Gasteiger partial charge in [-0.15, -0.1) is 0 Å². The van der Waals surface area contributed by atoms with Gasteiger partial charge in [0.25, 0.3) is 0 Å². The number of allylic oxidation sites excluding steroid dienone is 4. The number of hydrogen-bond donors (Lipinski definition) is 0. The third kappa shape index (κ3) is 1.87. The summed E-state index contributed by atoms with van der Waals surface area (Å²) in [6.45, 7) is 10.1. The fraction of sp³-hybridized carbons (Fsp3) is 0.810. The molecule has 4 unspecified atom stereocenters. The molecule has 0 aromatic rings. The summed E-state index contributed by atoms with van der Waals surface area (Å²) in [5.74, 6) is 4.52. The van der Waals surface area contributed by atoms with Crippen molar-refractivity contribution in [1.82, 2.24) is 0 Å². The first-order valence-corrected chi connectivity index (χ1v) is 9.34. The zero-order valence-corrected chi connectivity index (χ0v) is 14.4. The molecule has 0 nitrogen and oxygen atoms in total. The summed E-state index contributed by atoms with van der Waals surface area (Å²) in [6.07, 6.45) is 16.3. The Hall–Kier alpha value is -0.520. The molecule has 7 atom stereocenters. The van der Waals surface area contributed by atoms with Gasteiger partial charge in [0.15, 0.2) is 0 Å². The second-order valence-electron chi connectivity index (χ2n) is 9.25. The molecule has 0 bridgehead atoms. The highest BCUT2D eigenvalue weighted by Gasteiger charge is 2.56. The van der Waals surface area contributed by atoms with Crippen molar-refractivity contribution >= 4 is 0 Å². The molecule has 0 aromatic heterocycles. The molecule has 0 heterocycles. The highest BCUT2D eigenvalue weighted by Crippen LogP contribution is 2.65. The summed E-state index contributed by atoms with van der Waals surface area (Å²) in [5, 5.41) is 0. The maximum Gasteiger partial charge on any atom is -0.00824 e. The van der Waals surface area contributed by atoms with Crippen LogP contribution in [0, 0.1) is 40.4 Å². The summed E-state index contributed by atoms with van der Waals surface area (Å²) in [4.78, 5) is 0. The van der Waals surface area contributed by atoms with Crippen molar-refractivity contribution in [3.05, 3.63) is 23.8 Å². The van der Waals surface area contributed by atoms with Crippen LogP contribution in [-0.2, 0) is 0 Å². The molecule has 4 aliphatic carbocycles. The summed E-state index contributed by atoms with van der Waals surface area (Å²) < 4.78 is 0. The lowest BCUT2D eigenvalue weighted by Gasteiger charge is -2.59. The van der Waals surface area contributed by atoms with Crippen molar-refractivity contribution in [2.45, 2.75) is 66.2 Å². The minimum atomic E-state index is 0.527. The summed E-state index contributed by atoms with van der Waals surface area (Å²) >= 11 is 0. The molecule has 0 N–H and O–H groups in total. The minimum Gasteiger partial charge on any atom is -0.0877 e. The molecule has 116 valence electrons. The van der Waals surface area contributed by atoms with Crippen LogP contribution in [0.25, 0.3) is 0 Å². The Bertz CT molecular complexity index is 498. The van der Waals surface area contributed by atoms with Gasteiger partial charge in [-0.3, -0.25) is 0 Å². The third-order valence-electron chi connectivity index (χ3n) is 7.98. The van der Waals surface area contributed by atoms with Gasteiger partial charge in [-0.25, -0.2) is 0 Å². The highest BCUT2D eigenvalue weighted by molar-refractivity contribution is 5.28. The molecule has 0 saturated heterocycles. The van der Waals surface area contributed by atoms with E-state index in [1.54, 1.807) is 0 Å². The molecule has 4 rings (SSSR count). The largest absolute Gasteiger partial charge is 0.0877 e. The van der Waals surface area contributed by atoms with Crippen molar-refractivity contribution < 1.29 is 0 Å². The maximum absolute atomic E-state index is 2.67. The Labute approximate surface area is 131 Å². The van der Waals surface area contributed by atoms with Crippen LogP contribution in [0.3, 0.4) is 0 Å². The van der Waals surface area contributed by atoms with E-state index >= 15 is 0 Å². The van der Waals surface area contributed by atoms with Crippen molar-refractivity contribution in [2.24, 2.45) is 40.4 Å². The predicted molar refractivity (Wildman–Crippen MR) is 89.9 cm³/mol. The second-order valence-corrected chi connectivity index (χ2v) is 9.25. The van der Waals surface area contributed by atoms with Crippen LogP contribution < -0.4 is 0 Å². The SMILES string of the molecule is CC1C=C2[C@H](C)CC3C4CC=C[C@@]4(C)CCC3[C@@]2(C)CC1. The average Bonchev–Trinajstić information content (AvgIpc) is 2.83. The minimum absolute atomic E-state index is 0.527. The van der Waals surface area contributed by atoms with Gasteiger partial charge in [0.05, 0.1) is 0 Å². The lowest BCUT2D eigenvalue weighted by molar-refractivity contribution is -0.0395. The van der Waals surface area contributed by atoms with Gasteiger partial charge >= 0.3 is 0 Å². The summed E-state index contributed by atoms with van der Waals surface area (Å²) in [6, 6.07) is 0. The lowest BCUT2D eigenvalue weighted by Crippen LogP contribution is -2.51. The molecule has 2 fully saturated rings. The van der Waals surface area contributed by atoms with E-state index in [-0.39, 0.29) is 0 Å². The molecule has 0 heteroatoms. The van der Waals surface area contributed by atoms with Gasteiger partial charge in [0, 0.05) is 0 Å². The average molecular weight is 284 g/mol. The van der Waals surface area contributed by atoms with E-state index in [4.69, 9.17) is 0 Å². The van der Waals surface area contributed by atoms with E-state index in [2.05, 4.69) is 45.9 Å². The molecule has 0 aliphatic heterocycles. The van der Waals surface area contributed by atoms with Crippen LogP contribution in [0.2, 0.25) is 0 Å². The van der Waals surface area contributed by atoms with E-state index in [1.165, 1.54) is 38.5 Å². The van der Waals surface area contributed by atoms with Gasteiger partial charge in [-0.2, -0.15) is 0 Å². The van der Waals surface area contributed by atoms with E-state index in [9.17, 15) is 0 Å². The Kier molecular flexibility index (Phi) is 3.02. The van der Waals surface area contributed by atoms with Gasteiger partial charge < -0.3 is 0 Å².